The SMILES string of the molecule is CN(C)Cc1cnc2n1-c1cc(Cl)ccc1C(c1c(F)cccc1F)=NC2. The minimum atomic E-state index is -0.650. The summed E-state index contributed by atoms with van der Waals surface area (Å²) < 4.78 is 30.9. The maximum absolute atomic E-state index is 14.5. The van der Waals surface area contributed by atoms with E-state index in [1.165, 1.54) is 18.2 Å². The molecule has 0 N–H and O–H groups in total. The van der Waals surface area contributed by atoms with E-state index in [9.17, 15) is 8.78 Å². The van der Waals surface area contributed by atoms with E-state index >= 15 is 0 Å². The molecule has 138 valence electrons. The quantitative estimate of drug-likeness (QED) is 0.675. The molecule has 27 heavy (non-hydrogen) atoms. The number of aliphatic imine (C=N–C) groups is 1. The van der Waals surface area contributed by atoms with Gasteiger partial charge >= 0.3 is 0 Å². The van der Waals surface area contributed by atoms with Crippen LogP contribution in [0.1, 0.15) is 22.6 Å². The van der Waals surface area contributed by atoms with Gasteiger partial charge in [0, 0.05) is 17.1 Å². The fraction of sp³-hybridized carbons (Fsp3) is 0.200. The van der Waals surface area contributed by atoms with E-state index in [1.807, 2.05) is 23.6 Å². The van der Waals surface area contributed by atoms with E-state index < -0.39 is 11.6 Å². The average molecular weight is 387 g/mol. The van der Waals surface area contributed by atoms with Crippen molar-refractivity contribution in [3.8, 4) is 5.69 Å². The Bertz CT molecular complexity index is 1040. The summed E-state index contributed by atoms with van der Waals surface area (Å²) in [6.45, 7) is 0.866. The lowest BCUT2D eigenvalue weighted by atomic mass is 9.99. The van der Waals surface area contributed by atoms with E-state index in [-0.39, 0.29) is 17.8 Å². The number of nitrogens with zero attached hydrogens (tertiary/aromatic N) is 4. The Balaban J connectivity index is 1.98. The van der Waals surface area contributed by atoms with Crippen molar-refractivity contribution in [2.75, 3.05) is 14.1 Å². The number of halogens is 3. The first kappa shape index (κ1) is 17.8. The lowest BCUT2D eigenvalue weighted by Gasteiger charge is -2.17. The molecule has 2 heterocycles. The number of hydrogen-bond acceptors (Lipinski definition) is 3. The molecule has 1 aliphatic rings. The van der Waals surface area contributed by atoms with Crippen molar-refractivity contribution in [3.05, 3.63) is 81.9 Å². The lowest BCUT2D eigenvalue weighted by Crippen LogP contribution is -2.16. The molecule has 1 aromatic heterocycles. The second kappa shape index (κ2) is 6.87. The summed E-state index contributed by atoms with van der Waals surface area (Å²) in [6.07, 6.45) is 1.80. The summed E-state index contributed by atoms with van der Waals surface area (Å²) in [6, 6.07) is 9.03. The zero-order chi connectivity index (χ0) is 19.1. The molecule has 0 radical (unpaired) electrons. The van der Waals surface area contributed by atoms with Crippen molar-refractivity contribution in [3.63, 3.8) is 0 Å². The van der Waals surface area contributed by atoms with Crippen LogP contribution in [0.15, 0.2) is 47.6 Å². The van der Waals surface area contributed by atoms with Gasteiger partial charge in [-0.15, -0.1) is 0 Å². The lowest BCUT2D eigenvalue weighted by molar-refractivity contribution is 0.393. The third-order valence-electron chi connectivity index (χ3n) is 4.42. The third-order valence-corrected chi connectivity index (χ3v) is 4.66. The molecule has 2 aromatic carbocycles. The van der Waals surface area contributed by atoms with Gasteiger partial charge in [-0.3, -0.25) is 9.56 Å². The number of benzene rings is 2. The molecule has 4 rings (SSSR count). The molecular weight excluding hydrogens is 370 g/mol. The Hall–Kier alpha value is -2.57. The highest BCUT2D eigenvalue weighted by molar-refractivity contribution is 6.31. The molecule has 7 heteroatoms. The maximum atomic E-state index is 14.5. The average Bonchev–Trinajstić information content (AvgIpc) is 2.92. The van der Waals surface area contributed by atoms with Crippen LogP contribution >= 0.6 is 11.6 Å². The van der Waals surface area contributed by atoms with Crippen LogP contribution in [0, 0.1) is 11.6 Å². The van der Waals surface area contributed by atoms with Gasteiger partial charge in [0.1, 0.15) is 17.5 Å². The van der Waals surface area contributed by atoms with Crippen LogP contribution in [0.3, 0.4) is 0 Å². The first-order valence-corrected chi connectivity index (χ1v) is 8.83. The molecule has 0 aliphatic carbocycles. The van der Waals surface area contributed by atoms with Gasteiger partial charge in [-0.25, -0.2) is 13.8 Å². The maximum Gasteiger partial charge on any atom is 0.135 e. The first-order chi connectivity index (χ1) is 13.0. The summed E-state index contributed by atoms with van der Waals surface area (Å²) in [5.74, 6) is -0.604. The monoisotopic (exact) mass is 386 g/mol. The van der Waals surface area contributed by atoms with Gasteiger partial charge in [0.05, 0.1) is 35.4 Å². The van der Waals surface area contributed by atoms with Gasteiger partial charge in [0.25, 0.3) is 0 Å². The molecule has 0 amide bonds. The highest BCUT2D eigenvalue weighted by Gasteiger charge is 2.25. The van der Waals surface area contributed by atoms with Gasteiger partial charge in [-0.05, 0) is 44.4 Å². The standard InChI is InChI=1S/C20H17ClF2N4/c1-26(2)11-13-9-24-18-10-25-20(19-15(22)4-3-5-16(19)23)14-7-6-12(21)8-17(14)27(13)18/h3-9H,10-11H2,1-2H3. The van der Waals surface area contributed by atoms with Crippen LogP contribution in [0.5, 0.6) is 0 Å². The Morgan fingerprint density at radius 2 is 1.89 bits per heavy atom. The van der Waals surface area contributed by atoms with E-state index in [0.717, 1.165) is 5.69 Å². The number of imidazole rings is 1. The molecule has 4 nitrogen and oxygen atoms in total. The van der Waals surface area contributed by atoms with Crippen LogP contribution in [-0.2, 0) is 13.1 Å². The Kier molecular flexibility index (Phi) is 4.53. The molecule has 1 aliphatic heterocycles. The van der Waals surface area contributed by atoms with E-state index in [2.05, 4.69) is 9.98 Å². The van der Waals surface area contributed by atoms with E-state index in [1.54, 1.807) is 24.4 Å². The Morgan fingerprint density at radius 1 is 1.15 bits per heavy atom. The van der Waals surface area contributed by atoms with Gasteiger partial charge in [0.15, 0.2) is 0 Å². The first-order valence-electron chi connectivity index (χ1n) is 8.45. The van der Waals surface area contributed by atoms with Crippen molar-refractivity contribution in [2.45, 2.75) is 13.1 Å². The second-order valence-electron chi connectivity index (χ2n) is 6.66. The largest absolute Gasteiger partial charge is 0.304 e. The summed E-state index contributed by atoms with van der Waals surface area (Å²) in [5.41, 5.74) is 2.40. The molecule has 0 spiro atoms. The summed E-state index contributed by atoms with van der Waals surface area (Å²) in [7, 11) is 3.93. The number of rotatable bonds is 3. The van der Waals surface area contributed by atoms with Gasteiger partial charge in [0.2, 0.25) is 0 Å². The normalized spacial score (nSPS) is 13.2. The number of hydrogen-bond donors (Lipinski definition) is 0. The number of aromatic nitrogens is 2. The smallest absolute Gasteiger partial charge is 0.135 e. The summed E-state index contributed by atoms with van der Waals surface area (Å²) in [5, 5.41) is 0.527. The molecule has 0 saturated carbocycles. The van der Waals surface area contributed by atoms with Crippen molar-refractivity contribution in [1.82, 2.24) is 14.5 Å². The highest BCUT2D eigenvalue weighted by Crippen LogP contribution is 2.30. The second-order valence-corrected chi connectivity index (χ2v) is 7.10. The molecule has 0 atom stereocenters. The van der Waals surface area contributed by atoms with Crippen molar-refractivity contribution in [1.29, 1.82) is 0 Å². The van der Waals surface area contributed by atoms with Crippen molar-refractivity contribution in [2.24, 2.45) is 4.99 Å². The van der Waals surface area contributed by atoms with Crippen LogP contribution in [-0.4, -0.2) is 34.3 Å². The predicted octanol–water partition coefficient (Wildman–Crippen LogP) is 4.22. The van der Waals surface area contributed by atoms with Gasteiger partial charge in [-0.1, -0.05) is 17.7 Å². The predicted molar refractivity (Wildman–Crippen MR) is 102 cm³/mol. The van der Waals surface area contributed by atoms with Crippen LogP contribution in [0.2, 0.25) is 5.02 Å². The third kappa shape index (κ3) is 3.15. The molecule has 0 fully saturated rings. The van der Waals surface area contributed by atoms with Gasteiger partial charge in [-0.2, -0.15) is 0 Å². The Morgan fingerprint density at radius 3 is 2.59 bits per heavy atom. The summed E-state index contributed by atoms with van der Waals surface area (Å²) in [4.78, 5) is 11.0. The highest BCUT2D eigenvalue weighted by atomic mass is 35.5. The van der Waals surface area contributed by atoms with Crippen LogP contribution < -0.4 is 0 Å². The topological polar surface area (TPSA) is 33.4 Å². The fourth-order valence-corrected chi connectivity index (χ4v) is 3.50. The van der Waals surface area contributed by atoms with Crippen molar-refractivity contribution < 1.29 is 8.78 Å². The zero-order valence-corrected chi connectivity index (χ0v) is 15.6. The van der Waals surface area contributed by atoms with E-state index in [0.29, 0.717) is 28.6 Å². The molecule has 3 aromatic rings. The minimum absolute atomic E-state index is 0.138. The molecule has 0 bridgehead atoms. The van der Waals surface area contributed by atoms with Crippen molar-refractivity contribution >= 4 is 17.3 Å². The molecular formula is C20H17ClF2N4. The summed E-state index contributed by atoms with van der Waals surface area (Å²) >= 11 is 6.25. The number of fused-ring (bicyclic) bond motifs is 3. The van der Waals surface area contributed by atoms with E-state index in [4.69, 9.17) is 11.6 Å². The Labute approximate surface area is 160 Å². The minimum Gasteiger partial charge on any atom is -0.304 e. The molecule has 0 saturated heterocycles. The zero-order valence-electron chi connectivity index (χ0n) is 14.9. The fourth-order valence-electron chi connectivity index (χ4n) is 3.33. The van der Waals surface area contributed by atoms with Gasteiger partial charge < -0.3 is 4.90 Å². The van der Waals surface area contributed by atoms with Crippen LogP contribution in [0.4, 0.5) is 8.78 Å². The van der Waals surface area contributed by atoms with Crippen LogP contribution in [0.25, 0.3) is 5.69 Å². The molecule has 0 unspecified atom stereocenters.